The van der Waals surface area contributed by atoms with Gasteiger partial charge in [-0.1, -0.05) is 23.9 Å². The van der Waals surface area contributed by atoms with E-state index in [0.29, 0.717) is 18.7 Å². The van der Waals surface area contributed by atoms with Crippen LogP contribution in [0.25, 0.3) is 0 Å². The molecule has 0 aliphatic carbocycles. The number of amides is 1. The minimum absolute atomic E-state index is 0.0472. The summed E-state index contributed by atoms with van der Waals surface area (Å²) in [5.41, 5.74) is 2.76. The highest BCUT2D eigenvalue weighted by Gasteiger charge is 2.19. The Bertz CT molecular complexity index is 838. The van der Waals surface area contributed by atoms with Crippen molar-refractivity contribution in [2.75, 3.05) is 58.8 Å². The first kappa shape index (κ1) is 22.5. The maximum atomic E-state index is 12.3. The second kappa shape index (κ2) is 10.7. The minimum atomic E-state index is 0.0472. The van der Waals surface area contributed by atoms with E-state index in [-0.39, 0.29) is 5.91 Å². The van der Waals surface area contributed by atoms with Crippen LogP contribution in [0.2, 0.25) is 0 Å². The molecule has 1 aromatic carbocycles. The largest absolute Gasteiger partial charge is 0.378 e. The fourth-order valence-electron chi connectivity index (χ4n) is 3.28. The topological polar surface area (TPSA) is 63.0 Å². The van der Waals surface area contributed by atoms with Gasteiger partial charge in [-0.3, -0.25) is 4.79 Å². The number of ether oxygens (including phenoxy) is 1. The molecular formula is C22H32N5O2S+. The van der Waals surface area contributed by atoms with Crippen LogP contribution in [0.3, 0.4) is 0 Å². The van der Waals surface area contributed by atoms with Crippen LogP contribution in [0.4, 0.5) is 5.82 Å². The average molecular weight is 431 g/mol. The van der Waals surface area contributed by atoms with Crippen molar-refractivity contribution in [2.45, 2.75) is 24.4 Å². The van der Waals surface area contributed by atoms with Crippen LogP contribution in [-0.2, 0) is 17.1 Å². The quantitative estimate of drug-likeness (QED) is 0.504. The van der Waals surface area contributed by atoms with Crippen molar-refractivity contribution in [3.8, 4) is 0 Å². The number of hydrogen-bond acceptors (Lipinski definition) is 6. The van der Waals surface area contributed by atoms with E-state index in [1.807, 2.05) is 44.3 Å². The molecular weight excluding hydrogens is 398 g/mol. The molecule has 3 rings (SSSR count). The van der Waals surface area contributed by atoms with E-state index in [9.17, 15) is 4.79 Å². The van der Waals surface area contributed by atoms with E-state index in [1.165, 1.54) is 0 Å². The molecule has 1 aliphatic heterocycles. The Morgan fingerprint density at radius 2 is 1.93 bits per heavy atom. The highest BCUT2D eigenvalue weighted by Crippen LogP contribution is 2.23. The maximum absolute atomic E-state index is 12.3. The first-order valence-electron chi connectivity index (χ1n) is 10.4. The lowest BCUT2D eigenvalue weighted by atomic mass is 10.1. The summed E-state index contributed by atoms with van der Waals surface area (Å²) in [5, 5.41) is 0.761. The van der Waals surface area contributed by atoms with Crippen LogP contribution in [0, 0.1) is 0 Å². The van der Waals surface area contributed by atoms with Crippen molar-refractivity contribution in [2.24, 2.45) is 0 Å². The number of aromatic nitrogens is 2. The van der Waals surface area contributed by atoms with Gasteiger partial charge >= 0.3 is 0 Å². The fourth-order valence-corrected chi connectivity index (χ4v) is 4.11. The zero-order valence-corrected chi connectivity index (χ0v) is 19.2. The number of anilines is 1. The van der Waals surface area contributed by atoms with Crippen LogP contribution >= 0.6 is 11.8 Å². The number of methoxy groups -OCH3 is 1. The van der Waals surface area contributed by atoms with E-state index in [2.05, 4.69) is 16.9 Å². The summed E-state index contributed by atoms with van der Waals surface area (Å²) in [4.78, 5) is 27.3. The molecule has 0 spiro atoms. The SMILES string of the molecule is CCN(C)C(=O)c1ccc(CSc2nc(COC)cc(N3CC[NH+](C)CC3)n2)cc1. The standard InChI is InChI=1S/C22H31N5O2S/c1-5-26(3)21(28)18-8-6-17(7-9-18)16-30-22-23-19(15-29-4)14-20(24-22)27-12-10-25(2)11-13-27/h6-9,14H,5,10-13,15-16H2,1-4H3/p+1. The summed E-state index contributed by atoms with van der Waals surface area (Å²) < 4.78 is 5.31. The number of likely N-dealkylation sites (N-methyl/N-ethyl adjacent to an activating group) is 1. The first-order valence-corrected chi connectivity index (χ1v) is 11.4. The number of carbonyl (C=O) groups excluding carboxylic acids is 1. The number of carbonyl (C=O) groups is 1. The molecule has 30 heavy (non-hydrogen) atoms. The van der Waals surface area contributed by atoms with E-state index in [1.54, 1.807) is 28.7 Å². The number of nitrogens with one attached hydrogen (secondary N) is 1. The molecule has 1 saturated heterocycles. The van der Waals surface area contributed by atoms with E-state index >= 15 is 0 Å². The smallest absolute Gasteiger partial charge is 0.253 e. The maximum Gasteiger partial charge on any atom is 0.253 e. The normalized spacial score (nSPS) is 14.7. The molecule has 2 aromatic rings. The summed E-state index contributed by atoms with van der Waals surface area (Å²) in [6, 6.07) is 9.84. The zero-order chi connectivity index (χ0) is 21.5. The predicted octanol–water partition coefficient (Wildman–Crippen LogP) is 1.34. The van der Waals surface area contributed by atoms with Crippen LogP contribution in [0.15, 0.2) is 35.5 Å². The Kier molecular flexibility index (Phi) is 8.07. The number of nitrogens with zero attached hydrogens (tertiary/aromatic N) is 4. The van der Waals surface area contributed by atoms with Gasteiger partial charge in [0.15, 0.2) is 5.16 Å². The minimum Gasteiger partial charge on any atom is -0.378 e. The monoisotopic (exact) mass is 430 g/mol. The van der Waals surface area contributed by atoms with Gasteiger partial charge in [0.25, 0.3) is 5.91 Å². The number of benzene rings is 1. The third kappa shape index (κ3) is 5.93. The first-order chi connectivity index (χ1) is 14.5. The highest BCUT2D eigenvalue weighted by atomic mass is 32.2. The predicted molar refractivity (Wildman–Crippen MR) is 120 cm³/mol. The second-order valence-electron chi connectivity index (χ2n) is 7.68. The summed E-state index contributed by atoms with van der Waals surface area (Å²) in [5.74, 6) is 1.78. The van der Waals surface area contributed by atoms with Gasteiger partial charge < -0.3 is 19.4 Å². The molecule has 1 aromatic heterocycles. The van der Waals surface area contributed by atoms with Gasteiger partial charge in [-0.15, -0.1) is 0 Å². The molecule has 0 radical (unpaired) electrons. The van der Waals surface area contributed by atoms with Crippen molar-refractivity contribution in [1.29, 1.82) is 0 Å². The average Bonchev–Trinajstić information content (AvgIpc) is 2.77. The molecule has 2 heterocycles. The van der Waals surface area contributed by atoms with Gasteiger partial charge in [-0.05, 0) is 24.6 Å². The lowest BCUT2D eigenvalue weighted by Gasteiger charge is -2.31. The van der Waals surface area contributed by atoms with E-state index in [0.717, 1.165) is 54.2 Å². The summed E-state index contributed by atoms with van der Waals surface area (Å²) in [6.45, 7) is 7.38. The van der Waals surface area contributed by atoms with Gasteiger partial charge in [0.05, 0.1) is 45.5 Å². The number of quaternary nitrogens is 1. The van der Waals surface area contributed by atoms with Gasteiger partial charge in [0, 0.05) is 38.1 Å². The molecule has 0 bridgehead atoms. The van der Waals surface area contributed by atoms with Crippen LogP contribution in [0.1, 0.15) is 28.5 Å². The molecule has 0 saturated carbocycles. The van der Waals surface area contributed by atoms with Gasteiger partial charge in [-0.25, -0.2) is 9.97 Å². The third-order valence-electron chi connectivity index (χ3n) is 5.37. The number of hydrogen-bond donors (Lipinski definition) is 1. The van der Waals surface area contributed by atoms with Crippen molar-refractivity contribution in [3.05, 3.63) is 47.2 Å². The van der Waals surface area contributed by atoms with E-state index in [4.69, 9.17) is 9.72 Å². The molecule has 1 N–H and O–H groups in total. The summed E-state index contributed by atoms with van der Waals surface area (Å²) in [7, 11) is 5.73. The second-order valence-corrected chi connectivity index (χ2v) is 8.62. The van der Waals surface area contributed by atoms with Crippen LogP contribution in [0.5, 0.6) is 0 Å². The Hall–Kier alpha value is -2.16. The molecule has 162 valence electrons. The lowest BCUT2D eigenvalue weighted by Crippen LogP contribution is -3.12. The van der Waals surface area contributed by atoms with Crippen LogP contribution < -0.4 is 9.80 Å². The Balaban J connectivity index is 1.69. The van der Waals surface area contributed by atoms with Crippen molar-refractivity contribution in [3.63, 3.8) is 0 Å². The fraction of sp³-hybridized carbons (Fsp3) is 0.500. The van der Waals surface area contributed by atoms with Crippen LogP contribution in [-0.4, -0.2) is 74.7 Å². The molecule has 8 heteroatoms. The number of piperazine rings is 1. The van der Waals surface area contributed by atoms with E-state index < -0.39 is 0 Å². The third-order valence-corrected chi connectivity index (χ3v) is 6.29. The molecule has 7 nitrogen and oxygen atoms in total. The highest BCUT2D eigenvalue weighted by molar-refractivity contribution is 7.98. The molecule has 0 unspecified atom stereocenters. The Morgan fingerprint density at radius 1 is 1.23 bits per heavy atom. The van der Waals surface area contributed by atoms with Gasteiger partial charge in [0.2, 0.25) is 0 Å². The summed E-state index contributed by atoms with van der Waals surface area (Å²) in [6.07, 6.45) is 0. The van der Waals surface area contributed by atoms with Gasteiger partial charge in [-0.2, -0.15) is 0 Å². The molecule has 1 fully saturated rings. The molecule has 0 atom stereocenters. The molecule has 1 amide bonds. The van der Waals surface area contributed by atoms with Gasteiger partial charge in [0.1, 0.15) is 5.82 Å². The lowest BCUT2D eigenvalue weighted by molar-refractivity contribution is -0.880. The Labute approximate surface area is 183 Å². The number of rotatable bonds is 8. The summed E-state index contributed by atoms with van der Waals surface area (Å²) >= 11 is 1.61. The van der Waals surface area contributed by atoms with Crippen molar-refractivity contribution >= 4 is 23.5 Å². The Morgan fingerprint density at radius 3 is 2.57 bits per heavy atom. The molecule has 1 aliphatic rings. The number of thioether (sulfide) groups is 1. The van der Waals surface area contributed by atoms with Crippen molar-refractivity contribution in [1.82, 2.24) is 14.9 Å². The van der Waals surface area contributed by atoms with Crippen molar-refractivity contribution < 1.29 is 14.4 Å². The zero-order valence-electron chi connectivity index (χ0n) is 18.4.